The molecule has 1 aliphatic carbocycles. The molecule has 0 amide bonds. The van der Waals surface area contributed by atoms with Crippen molar-refractivity contribution in [3.05, 3.63) is 99.9 Å². The summed E-state index contributed by atoms with van der Waals surface area (Å²) in [7, 11) is 0. The van der Waals surface area contributed by atoms with Gasteiger partial charge in [0.2, 0.25) is 11.6 Å². The Morgan fingerprint density at radius 1 is 0.974 bits per heavy atom. The van der Waals surface area contributed by atoms with Crippen LogP contribution in [0.2, 0.25) is 0 Å². The van der Waals surface area contributed by atoms with E-state index in [1.54, 1.807) is 13.0 Å². The van der Waals surface area contributed by atoms with Crippen LogP contribution in [0.5, 0.6) is 11.5 Å². The van der Waals surface area contributed by atoms with E-state index < -0.39 is 52.5 Å². The first-order valence-electron chi connectivity index (χ1n) is 12.1. The molecule has 4 nitrogen and oxygen atoms in total. The second-order valence-corrected chi connectivity index (χ2v) is 8.96. The van der Waals surface area contributed by atoms with Gasteiger partial charge in [-0.15, -0.1) is 0 Å². The molecule has 0 saturated heterocycles. The molecule has 0 spiro atoms. The van der Waals surface area contributed by atoms with Gasteiger partial charge >= 0.3 is 5.97 Å². The molecule has 0 bridgehead atoms. The molecule has 3 aromatic rings. The number of aliphatic hydroxyl groups excluding tert-OH is 1. The maximum atomic E-state index is 14.8. The van der Waals surface area contributed by atoms with E-state index in [2.05, 4.69) is 0 Å². The summed E-state index contributed by atoms with van der Waals surface area (Å²) in [5, 5.41) is 9.58. The van der Waals surface area contributed by atoms with Crippen molar-refractivity contribution in [3.8, 4) is 11.5 Å². The Hall–Kier alpha value is -3.72. The van der Waals surface area contributed by atoms with Crippen LogP contribution in [0.1, 0.15) is 72.2 Å². The fraction of sp³-hybridized carbons (Fsp3) is 0.276. The van der Waals surface area contributed by atoms with Crippen LogP contribution in [0.25, 0.3) is 5.57 Å². The molecule has 0 heterocycles. The normalized spacial score (nSPS) is 16.1. The highest BCUT2D eigenvalue weighted by Gasteiger charge is 2.25. The number of halogens is 5. The van der Waals surface area contributed by atoms with Crippen LogP contribution in [0.3, 0.4) is 0 Å². The number of rotatable bonds is 7. The van der Waals surface area contributed by atoms with Gasteiger partial charge in [0.1, 0.15) is 5.82 Å². The lowest BCUT2D eigenvalue weighted by Gasteiger charge is -2.24. The molecule has 3 aromatic carbocycles. The summed E-state index contributed by atoms with van der Waals surface area (Å²) in [6, 6.07) is 8.79. The summed E-state index contributed by atoms with van der Waals surface area (Å²) in [4.78, 5) is 12.4. The van der Waals surface area contributed by atoms with Gasteiger partial charge in [0, 0.05) is 5.56 Å². The lowest BCUT2D eigenvalue weighted by atomic mass is 9.82. The first-order chi connectivity index (χ1) is 18.1. The van der Waals surface area contributed by atoms with Gasteiger partial charge in [-0.2, -0.15) is 8.78 Å². The van der Waals surface area contributed by atoms with Crippen molar-refractivity contribution in [2.24, 2.45) is 0 Å². The average molecular weight is 533 g/mol. The van der Waals surface area contributed by atoms with E-state index in [4.69, 9.17) is 9.47 Å². The van der Waals surface area contributed by atoms with E-state index in [9.17, 15) is 31.9 Å². The Balaban J connectivity index is 1.48. The molecule has 2 atom stereocenters. The van der Waals surface area contributed by atoms with E-state index in [-0.39, 0.29) is 29.4 Å². The standard InChI is InChI=1S/C29H25F5O4/c1-3-37-23-12-13-24(28(34)27(23)33)38-29(36)21-9-8-18(14-22(21)30)16-4-6-17(7-5-16)20-11-10-19(15(2)35)25(31)26(20)32/h4,8-15,17,35H,3,5-7H2,1-2H3. The fourth-order valence-electron chi connectivity index (χ4n) is 4.49. The van der Waals surface area contributed by atoms with Crippen molar-refractivity contribution >= 4 is 11.5 Å². The second-order valence-electron chi connectivity index (χ2n) is 8.96. The molecule has 2 unspecified atom stereocenters. The predicted octanol–water partition coefficient (Wildman–Crippen LogP) is 7.40. The van der Waals surface area contributed by atoms with Crippen LogP contribution in [0.15, 0.2) is 48.5 Å². The van der Waals surface area contributed by atoms with Crippen molar-refractivity contribution in [1.29, 1.82) is 0 Å². The van der Waals surface area contributed by atoms with Gasteiger partial charge in [-0.25, -0.2) is 18.0 Å². The van der Waals surface area contributed by atoms with Gasteiger partial charge < -0.3 is 14.6 Å². The Morgan fingerprint density at radius 2 is 1.68 bits per heavy atom. The number of hydrogen-bond donors (Lipinski definition) is 1. The molecule has 0 radical (unpaired) electrons. The molecule has 1 N–H and O–H groups in total. The first kappa shape index (κ1) is 27.3. The quantitative estimate of drug-likeness (QED) is 0.196. The van der Waals surface area contributed by atoms with Gasteiger partial charge in [0.05, 0.1) is 18.3 Å². The number of allylic oxidation sites excluding steroid dienone is 2. The Morgan fingerprint density at radius 3 is 2.32 bits per heavy atom. The number of carbonyl (C=O) groups excluding carboxylic acids is 1. The molecular formula is C29H25F5O4. The van der Waals surface area contributed by atoms with Crippen molar-refractivity contribution in [1.82, 2.24) is 0 Å². The SMILES string of the molecule is CCOc1ccc(OC(=O)c2ccc(C3=CCC(c4ccc(C(C)O)c(F)c4F)CC3)cc2F)c(F)c1F. The summed E-state index contributed by atoms with van der Waals surface area (Å²) < 4.78 is 81.8. The number of carbonyl (C=O) groups is 1. The summed E-state index contributed by atoms with van der Waals surface area (Å²) in [5.41, 5.74) is 0.896. The van der Waals surface area contributed by atoms with Gasteiger partial charge in [0.15, 0.2) is 23.1 Å². The van der Waals surface area contributed by atoms with Gasteiger partial charge in [-0.05, 0) is 80.0 Å². The lowest BCUT2D eigenvalue weighted by Crippen LogP contribution is -2.13. The molecule has 1 aliphatic rings. The smallest absolute Gasteiger partial charge is 0.346 e. The third kappa shape index (κ3) is 5.43. The number of esters is 1. The Bertz CT molecular complexity index is 1400. The molecule has 9 heteroatoms. The third-order valence-corrected chi connectivity index (χ3v) is 6.52. The van der Waals surface area contributed by atoms with Crippen LogP contribution in [-0.4, -0.2) is 17.7 Å². The third-order valence-electron chi connectivity index (χ3n) is 6.52. The van der Waals surface area contributed by atoms with E-state index in [1.807, 2.05) is 0 Å². The monoisotopic (exact) mass is 532 g/mol. The van der Waals surface area contributed by atoms with Crippen molar-refractivity contribution < 1.29 is 41.3 Å². The second kappa shape index (κ2) is 11.3. The zero-order valence-electron chi connectivity index (χ0n) is 20.7. The van der Waals surface area contributed by atoms with E-state index in [1.165, 1.54) is 31.2 Å². The summed E-state index contributed by atoms with van der Waals surface area (Å²) in [6.45, 7) is 3.06. The van der Waals surface area contributed by atoms with Crippen LogP contribution in [0, 0.1) is 29.1 Å². The number of aliphatic hydroxyl groups is 1. The summed E-state index contributed by atoms with van der Waals surface area (Å²) in [5.74, 6) is -8.25. The van der Waals surface area contributed by atoms with E-state index in [0.29, 0.717) is 24.8 Å². The fourth-order valence-corrected chi connectivity index (χ4v) is 4.49. The Kier molecular flexibility index (Phi) is 8.16. The molecule has 0 aromatic heterocycles. The molecule has 0 saturated carbocycles. The molecule has 4 rings (SSSR count). The zero-order chi connectivity index (χ0) is 27.6. The lowest BCUT2D eigenvalue weighted by molar-refractivity contribution is 0.0721. The van der Waals surface area contributed by atoms with Gasteiger partial charge in [-0.3, -0.25) is 0 Å². The van der Waals surface area contributed by atoms with Gasteiger partial charge in [-0.1, -0.05) is 24.3 Å². The largest absolute Gasteiger partial charge is 0.491 e. The highest BCUT2D eigenvalue weighted by molar-refractivity contribution is 5.92. The summed E-state index contributed by atoms with van der Waals surface area (Å²) >= 11 is 0. The van der Waals surface area contributed by atoms with Crippen molar-refractivity contribution in [2.75, 3.05) is 6.61 Å². The average Bonchev–Trinajstić information content (AvgIpc) is 2.90. The van der Waals surface area contributed by atoms with Crippen LogP contribution in [0.4, 0.5) is 22.0 Å². The van der Waals surface area contributed by atoms with Crippen molar-refractivity contribution in [3.63, 3.8) is 0 Å². The zero-order valence-corrected chi connectivity index (χ0v) is 20.7. The highest BCUT2D eigenvalue weighted by Crippen LogP contribution is 2.38. The minimum Gasteiger partial charge on any atom is -0.491 e. The number of ether oxygens (including phenoxy) is 2. The maximum Gasteiger partial charge on any atom is 0.346 e. The minimum absolute atomic E-state index is 0.108. The molecule has 0 aliphatic heterocycles. The van der Waals surface area contributed by atoms with Crippen LogP contribution >= 0.6 is 0 Å². The molecule has 38 heavy (non-hydrogen) atoms. The van der Waals surface area contributed by atoms with Gasteiger partial charge in [0.25, 0.3) is 0 Å². The highest BCUT2D eigenvalue weighted by atomic mass is 19.2. The topological polar surface area (TPSA) is 55.8 Å². The van der Waals surface area contributed by atoms with Crippen molar-refractivity contribution in [2.45, 2.75) is 45.1 Å². The number of hydrogen-bond acceptors (Lipinski definition) is 4. The molecular weight excluding hydrogens is 507 g/mol. The first-order valence-corrected chi connectivity index (χ1v) is 12.1. The number of benzene rings is 3. The van der Waals surface area contributed by atoms with E-state index in [0.717, 1.165) is 23.8 Å². The van der Waals surface area contributed by atoms with E-state index >= 15 is 0 Å². The Labute approximate surface area is 216 Å². The van der Waals surface area contributed by atoms with Crippen LogP contribution in [-0.2, 0) is 0 Å². The maximum absolute atomic E-state index is 14.8. The molecule has 0 fully saturated rings. The molecule has 200 valence electrons. The summed E-state index contributed by atoms with van der Waals surface area (Å²) in [6.07, 6.45) is 1.98. The van der Waals surface area contributed by atoms with Crippen LogP contribution < -0.4 is 9.47 Å². The minimum atomic E-state index is -1.43. The predicted molar refractivity (Wildman–Crippen MR) is 130 cm³/mol.